The molecule has 1 saturated heterocycles. The largest absolute Gasteiger partial charge is 0.384 e. The number of benzene rings is 1. The number of piperidine rings is 1. The first-order chi connectivity index (χ1) is 16.4. The molecule has 0 aliphatic carbocycles. The van der Waals surface area contributed by atoms with E-state index in [9.17, 15) is 8.42 Å². The molecule has 0 unspecified atom stereocenters. The molecule has 4 heterocycles. The van der Waals surface area contributed by atoms with E-state index in [-0.39, 0.29) is 0 Å². The minimum Gasteiger partial charge on any atom is -0.384 e. The molecule has 3 aromatic heterocycles. The highest BCUT2D eigenvalue weighted by molar-refractivity contribution is 7.89. The van der Waals surface area contributed by atoms with Crippen molar-refractivity contribution in [3.05, 3.63) is 65.7 Å². The molecule has 0 bridgehead atoms. The molecule has 1 aliphatic heterocycles. The lowest BCUT2D eigenvalue weighted by Crippen LogP contribution is -2.35. The van der Waals surface area contributed by atoms with Crippen molar-refractivity contribution in [1.82, 2.24) is 24.2 Å². The number of nitrogens with one attached hydrogen (secondary N) is 1. The monoisotopic (exact) mass is 476 g/mol. The molecule has 1 aliphatic rings. The standard InChI is InChI=1S/C25H28N6O2S/c1-17-13-20(28-23(26)14-17)7-10-24-29-22-15-19(16-27-25(22)30-24)18-5-8-21(9-6-18)34(32,33)31-11-3-2-4-12-31/h5-6,8-9,13-16H,2-4,7,10-12H2,1H3,(H2,26,28)(H,27,29,30). The molecular formula is C25H28N6O2S. The molecule has 4 aromatic rings. The third-order valence-corrected chi connectivity index (χ3v) is 8.10. The van der Waals surface area contributed by atoms with Crippen molar-refractivity contribution in [2.45, 2.75) is 43.9 Å². The van der Waals surface area contributed by atoms with Crippen LogP contribution < -0.4 is 5.73 Å². The lowest BCUT2D eigenvalue weighted by atomic mass is 10.1. The predicted octanol–water partition coefficient (Wildman–Crippen LogP) is 3.87. The second-order valence-electron chi connectivity index (χ2n) is 8.83. The van der Waals surface area contributed by atoms with Crippen LogP contribution in [0, 0.1) is 6.92 Å². The minimum atomic E-state index is -3.44. The molecule has 5 rings (SSSR count). The van der Waals surface area contributed by atoms with E-state index in [4.69, 9.17) is 10.7 Å². The number of hydrogen-bond acceptors (Lipinski definition) is 6. The van der Waals surface area contributed by atoms with Crippen LogP contribution in [0.2, 0.25) is 0 Å². The molecule has 1 aromatic carbocycles. The molecule has 0 atom stereocenters. The average molecular weight is 477 g/mol. The van der Waals surface area contributed by atoms with Gasteiger partial charge in [-0.3, -0.25) is 0 Å². The maximum atomic E-state index is 12.9. The molecule has 0 spiro atoms. The van der Waals surface area contributed by atoms with Crippen molar-refractivity contribution in [2.24, 2.45) is 0 Å². The smallest absolute Gasteiger partial charge is 0.243 e. The zero-order valence-corrected chi connectivity index (χ0v) is 20.0. The van der Waals surface area contributed by atoms with E-state index in [1.54, 1.807) is 22.6 Å². The van der Waals surface area contributed by atoms with Gasteiger partial charge in [-0.15, -0.1) is 0 Å². The van der Waals surface area contributed by atoms with Crippen LogP contribution >= 0.6 is 0 Å². The molecular weight excluding hydrogens is 448 g/mol. The van der Waals surface area contributed by atoms with Gasteiger partial charge in [-0.2, -0.15) is 4.31 Å². The Morgan fingerprint density at radius 2 is 1.74 bits per heavy atom. The van der Waals surface area contributed by atoms with E-state index in [2.05, 4.69) is 15.0 Å². The van der Waals surface area contributed by atoms with Gasteiger partial charge in [0.2, 0.25) is 10.0 Å². The van der Waals surface area contributed by atoms with Crippen LogP contribution in [0.3, 0.4) is 0 Å². The molecule has 8 nitrogen and oxygen atoms in total. The van der Waals surface area contributed by atoms with E-state index in [0.29, 0.717) is 30.2 Å². The van der Waals surface area contributed by atoms with E-state index >= 15 is 0 Å². The van der Waals surface area contributed by atoms with Gasteiger partial charge in [-0.05, 0) is 67.6 Å². The van der Waals surface area contributed by atoms with Crippen molar-refractivity contribution in [1.29, 1.82) is 0 Å². The second-order valence-corrected chi connectivity index (χ2v) is 10.8. The number of nitrogens with two attached hydrogens (primary N) is 1. The van der Waals surface area contributed by atoms with Gasteiger partial charge in [0.15, 0.2) is 5.65 Å². The fourth-order valence-corrected chi connectivity index (χ4v) is 5.95. The van der Waals surface area contributed by atoms with Gasteiger partial charge in [0.1, 0.15) is 17.2 Å². The third kappa shape index (κ3) is 4.67. The van der Waals surface area contributed by atoms with Crippen molar-refractivity contribution in [3.63, 3.8) is 0 Å². The van der Waals surface area contributed by atoms with Crippen LogP contribution in [-0.2, 0) is 22.9 Å². The van der Waals surface area contributed by atoms with E-state index in [0.717, 1.165) is 65.1 Å². The number of hydrogen-bond donors (Lipinski definition) is 2. The number of pyridine rings is 2. The number of aromatic nitrogens is 4. The molecule has 9 heteroatoms. The first-order valence-corrected chi connectivity index (χ1v) is 13.0. The van der Waals surface area contributed by atoms with Crippen molar-refractivity contribution < 1.29 is 8.42 Å². The average Bonchev–Trinajstić information content (AvgIpc) is 3.25. The van der Waals surface area contributed by atoms with Gasteiger partial charge in [0.05, 0.1) is 4.90 Å². The number of nitrogens with zero attached hydrogens (tertiary/aromatic N) is 4. The summed E-state index contributed by atoms with van der Waals surface area (Å²) in [5.74, 6) is 1.37. The summed E-state index contributed by atoms with van der Waals surface area (Å²) < 4.78 is 27.4. The van der Waals surface area contributed by atoms with Gasteiger partial charge in [-0.25, -0.2) is 23.4 Å². The Bertz CT molecular complexity index is 1400. The molecule has 0 saturated carbocycles. The molecule has 34 heavy (non-hydrogen) atoms. The lowest BCUT2D eigenvalue weighted by molar-refractivity contribution is 0.346. The summed E-state index contributed by atoms with van der Waals surface area (Å²) >= 11 is 0. The van der Waals surface area contributed by atoms with Crippen LogP contribution in [0.4, 0.5) is 5.82 Å². The molecule has 0 radical (unpaired) electrons. The van der Waals surface area contributed by atoms with Crippen LogP contribution in [0.25, 0.3) is 22.3 Å². The first kappa shape index (κ1) is 22.5. The van der Waals surface area contributed by atoms with Gasteiger partial charge in [-0.1, -0.05) is 18.6 Å². The van der Waals surface area contributed by atoms with Crippen LogP contribution in [0.15, 0.2) is 53.6 Å². The Hall–Kier alpha value is -3.30. The normalized spacial score (nSPS) is 15.1. The van der Waals surface area contributed by atoms with Crippen molar-refractivity contribution >= 4 is 27.0 Å². The SMILES string of the molecule is Cc1cc(N)nc(CCc2nc3cc(-c4ccc(S(=O)(=O)N5CCCCC5)cc4)cnc3[nH]2)c1. The van der Waals surface area contributed by atoms with E-state index in [1.165, 1.54) is 0 Å². The Morgan fingerprint density at radius 3 is 2.47 bits per heavy atom. The summed E-state index contributed by atoms with van der Waals surface area (Å²) in [6, 6.07) is 12.9. The second kappa shape index (κ2) is 9.15. The number of anilines is 1. The number of H-pyrrole nitrogens is 1. The topological polar surface area (TPSA) is 118 Å². The summed E-state index contributed by atoms with van der Waals surface area (Å²) in [6.45, 7) is 3.20. The number of fused-ring (bicyclic) bond motifs is 1. The van der Waals surface area contributed by atoms with Crippen LogP contribution in [0.1, 0.15) is 36.3 Å². The third-order valence-electron chi connectivity index (χ3n) is 6.19. The highest BCUT2D eigenvalue weighted by atomic mass is 32.2. The molecule has 1 fully saturated rings. The minimum absolute atomic E-state index is 0.333. The van der Waals surface area contributed by atoms with Gasteiger partial charge in [0.25, 0.3) is 0 Å². The maximum Gasteiger partial charge on any atom is 0.243 e. The first-order valence-electron chi connectivity index (χ1n) is 11.6. The summed E-state index contributed by atoms with van der Waals surface area (Å²) in [5, 5.41) is 0. The van der Waals surface area contributed by atoms with Crippen molar-refractivity contribution in [2.75, 3.05) is 18.8 Å². The maximum absolute atomic E-state index is 12.9. The van der Waals surface area contributed by atoms with Crippen molar-refractivity contribution in [3.8, 4) is 11.1 Å². The molecule has 176 valence electrons. The molecule has 0 amide bonds. The zero-order valence-electron chi connectivity index (χ0n) is 19.2. The van der Waals surface area contributed by atoms with E-state index < -0.39 is 10.0 Å². The van der Waals surface area contributed by atoms with Crippen LogP contribution in [-0.4, -0.2) is 45.7 Å². The Kier molecular flexibility index (Phi) is 6.05. The Labute approximate surface area is 199 Å². The summed E-state index contributed by atoms with van der Waals surface area (Å²) in [4.78, 5) is 17.2. The quantitative estimate of drug-likeness (QED) is 0.436. The summed E-state index contributed by atoms with van der Waals surface area (Å²) in [5.41, 5.74) is 11.2. The fraction of sp³-hybridized carbons (Fsp3) is 0.320. The number of rotatable bonds is 6. The fourth-order valence-electron chi connectivity index (χ4n) is 4.44. The van der Waals surface area contributed by atoms with E-state index in [1.807, 2.05) is 37.3 Å². The molecule has 3 N–H and O–H groups in total. The van der Waals surface area contributed by atoms with Gasteiger partial charge < -0.3 is 10.7 Å². The van der Waals surface area contributed by atoms with Crippen LogP contribution in [0.5, 0.6) is 0 Å². The Balaban J connectivity index is 1.33. The summed E-state index contributed by atoms with van der Waals surface area (Å²) in [6.07, 6.45) is 6.14. The number of nitrogen functional groups attached to an aromatic ring is 1. The highest BCUT2D eigenvalue weighted by Gasteiger charge is 2.25. The van der Waals surface area contributed by atoms with Gasteiger partial charge >= 0.3 is 0 Å². The lowest BCUT2D eigenvalue weighted by Gasteiger charge is -2.25. The highest BCUT2D eigenvalue weighted by Crippen LogP contribution is 2.26. The number of imidazole rings is 1. The van der Waals surface area contributed by atoms with Gasteiger partial charge in [0, 0.05) is 37.0 Å². The predicted molar refractivity (Wildman–Crippen MR) is 133 cm³/mol. The number of aromatic amines is 1. The summed E-state index contributed by atoms with van der Waals surface area (Å²) in [7, 11) is -3.44. The number of aryl methyl sites for hydroxylation is 3. The number of sulfonamides is 1. The zero-order chi connectivity index (χ0) is 23.7. The Morgan fingerprint density at radius 1 is 0.971 bits per heavy atom.